The van der Waals surface area contributed by atoms with Crippen LogP contribution in [0.1, 0.15) is 12.5 Å². The summed E-state index contributed by atoms with van der Waals surface area (Å²) in [6.07, 6.45) is 0. The van der Waals surface area contributed by atoms with Gasteiger partial charge in [0.2, 0.25) is 5.91 Å². The van der Waals surface area contributed by atoms with Gasteiger partial charge in [-0.2, -0.15) is 5.26 Å². The molecule has 1 heterocycles. The van der Waals surface area contributed by atoms with E-state index in [2.05, 4.69) is 33.7 Å². The molecule has 0 saturated carbocycles. The molecule has 2 N–H and O–H groups in total. The number of carbonyl (C=O) groups is 1. The number of nitrogens with one attached hydrogen (secondary N) is 2. The highest BCUT2D eigenvalue weighted by molar-refractivity contribution is 5.96. The van der Waals surface area contributed by atoms with Crippen molar-refractivity contribution < 1.29 is 9.53 Å². The molecule has 1 aliphatic heterocycles. The summed E-state index contributed by atoms with van der Waals surface area (Å²) in [5.41, 5.74) is 3.17. The Kier molecular flexibility index (Phi) is 5.72. The van der Waals surface area contributed by atoms with E-state index in [4.69, 9.17) is 10.00 Å². The van der Waals surface area contributed by atoms with Crippen molar-refractivity contribution in [3.8, 4) is 6.07 Å². The van der Waals surface area contributed by atoms with E-state index < -0.39 is 6.04 Å². The highest BCUT2D eigenvalue weighted by atomic mass is 16.5. The molecule has 0 aromatic heterocycles. The second kappa shape index (κ2) is 8.37. The SMILES string of the molecule is CC(Nc1ccc(N2CCOCC2)cc1)C(=O)Nc1cccc(C#N)c1. The maximum absolute atomic E-state index is 12.4. The third-order valence-electron chi connectivity index (χ3n) is 4.28. The Bertz CT molecular complexity index is 792. The maximum Gasteiger partial charge on any atom is 0.246 e. The lowest BCUT2D eigenvalue weighted by Crippen LogP contribution is -2.36. The molecule has 0 radical (unpaired) electrons. The molecule has 134 valence electrons. The minimum absolute atomic E-state index is 0.155. The second-order valence-electron chi connectivity index (χ2n) is 6.19. The molecule has 1 unspecified atom stereocenters. The van der Waals surface area contributed by atoms with E-state index in [1.165, 1.54) is 0 Å². The van der Waals surface area contributed by atoms with Gasteiger partial charge in [0.05, 0.1) is 24.8 Å². The number of nitriles is 1. The Morgan fingerprint density at radius 1 is 1.15 bits per heavy atom. The van der Waals surface area contributed by atoms with Gasteiger partial charge in [-0.1, -0.05) is 6.07 Å². The van der Waals surface area contributed by atoms with E-state index >= 15 is 0 Å². The minimum atomic E-state index is -0.407. The van der Waals surface area contributed by atoms with Crippen molar-refractivity contribution in [2.75, 3.05) is 41.8 Å². The quantitative estimate of drug-likeness (QED) is 0.867. The lowest BCUT2D eigenvalue weighted by atomic mass is 10.2. The Labute approximate surface area is 153 Å². The van der Waals surface area contributed by atoms with E-state index in [0.717, 1.165) is 37.7 Å². The molecule has 1 aliphatic rings. The number of hydrogen-bond acceptors (Lipinski definition) is 5. The molecule has 0 spiro atoms. The van der Waals surface area contributed by atoms with Gasteiger partial charge in [-0.15, -0.1) is 0 Å². The highest BCUT2D eigenvalue weighted by Gasteiger charge is 2.14. The Balaban J connectivity index is 1.57. The monoisotopic (exact) mass is 350 g/mol. The minimum Gasteiger partial charge on any atom is -0.378 e. The summed E-state index contributed by atoms with van der Waals surface area (Å²) < 4.78 is 5.37. The predicted octanol–water partition coefficient (Wildman–Crippen LogP) is 2.83. The fourth-order valence-corrected chi connectivity index (χ4v) is 2.82. The number of rotatable bonds is 5. The molecule has 0 aliphatic carbocycles. The van der Waals surface area contributed by atoms with E-state index in [0.29, 0.717) is 11.3 Å². The number of carbonyl (C=O) groups excluding carboxylic acids is 1. The van der Waals surface area contributed by atoms with E-state index in [-0.39, 0.29) is 5.91 Å². The zero-order chi connectivity index (χ0) is 18.4. The normalized spacial score (nSPS) is 15.0. The third-order valence-corrected chi connectivity index (χ3v) is 4.28. The number of amides is 1. The number of hydrogen-bond donors (Lipinski definition) is 2. The number of ether oxygens (including phenoxy) is 1. The molecule has 6 heteroatoms. The van der Waals surface area contributed by atoms with Crippen molar-refractivity contribution in [2.24, 2.45) is 0 Å². The van der Waals surface area contributed by atoms with Gasteiger partial charge in [0, 0.05) is 30.2 Å². The number of benzene rings is 2. The third kappa shape index (κ3) is 4.52. The van der Waals surface area contributed by atoms with Crippen LogP contribution < -0.4 is 15.5 Å². The van der Waals surface area contributed by atoms with E-state index in [1.807, 2.05) is 12.1 Å². The molecular formula is C20H22N4O2. The summed E-state index contributed by atoms with van der Waals surface area (Å²) in [5.74, 6) is -0.155. The lowest BCUT2D eigenvalue weighted by molar-refractivity contribution is -0.116. The number of anilines is 3. The second-order valence-corrected chi connectivity index (χ2v) is 6.19. The zero-order valence-corrected chi connectivity index (χ0v) is 14.7. The van der Waals surface area contributed by atoms with Crippen LogP contribution in [0.5, 0.6) is 0 Å². The summed E-state index contributed by atoms with van der Waals surface area (Å²) in [7, 11) is 0. The molecule has 26 heavy (non-hydrogen) atoms. The van der Waals surface area contributed by atoms with Crippen LogP contribution in [0.4, 0.5) is 17.1 Å². The summed E-state index contributed by atoms with van der Waals surface area (Å²) >= 11 is 0. The Hall–Kier alpha value is -3.04. The first-order valence-electron chi connectivity index (χ1n) is 8.66. The fraction of sp³-hybridized carbons (Fsp3) is 0.300. The summed E-state index contributed by atoms with van der Waals surface area (Å²) in [4.78, 5) is 14.6. The largest absolute Gasteiger partial charge is 0.378 e. The van der Waals surface area contributed by atoms with Crippen molar-refractivity contribution >= 4 is 23.0 Å². The van der Waals surface area contributed by atoms with Crippen LogP contribution in [0.3, 0.4) is 0 Å². The van der Waals surface area contributed by atoms with Crippen LogP contribution in [0.25, 0.3) is 0 Å². The Morgan fingerprint density at radius 2 is 1.88 bits per heavy atom. The molecular weight excluding hydrogens is 328 g/mol. The van der Waals surface area contributed by atoms with Gasteiger partial charge in [0.25, 0.3) is 0 Å². The van der Waals surface area contributed by atoms with E-state index in [1.54, 1.807) is 31.2 Å². The average Bonchev–Trinajstić information content (AvgIpc) is 2.69. The molecule has 2 aromatic rings. The van der Waals surface area contributed by atoms with E-state index in [9.17, 15) is 4.79 Å². The van der Waals surface area contributed by atoms with Gasteiger partial charge in [-0.05, 0) is 49.4 Å². The summed E-state index contributed by atoms with van der Waals surface area (Å²) in [6, 6.07) is 16.6. The van der Waals surface area contributed by atoms with Gasteiger partial charge in [0.15, 0.2) is 0 Å². The van der Waals surface area contributed by atoms with Crippen LogP contribution in [0, 0.1) is 11.3 Å². The molecule has 0 bridgehead atoms. The van der Waals surface area contributed by atoms with Crippen LogP contribution in [-0.2, 0) is 9.53 Å². The molecule has 2 aromatic carbocycles. The van der Waals surface area contributed by atoms with Crippen molar-refractivity contribution in [2.45, 2.75) is 13.0 Å². The van der Waals surface area contributed by atoms with Crippen molar-refractivity contribution in [3.63, 3.8) is 0 Å². The fourth-order valence-electron chi connectivity index (χ4n) is 2.82. The molecule has 1 fully saturated rings. The van der Waals surface area contributed by atoms with Gasteiger partial charge in [-0.25, -0.2) is 0 Å². The Morgan fingerprint density at radius 3 is 2.58 bits per heavy atom. The van der Waals surface area contributed by atoms with Gasteiger partial charge >= 0.3 is 0 Å². The zero-order valence-electron chi connectivity index (χ0n) is 14.7. The van der Waals surface area contributed by atoms with Crippen molar-refractivity contribution in [1.29, 1.82) is 5.26 Å². The van der Waals surface area contributed by atoms with Crippen LogP contribution in [0.2, 0.25) is 0 Å². The highest BCUT2D eigenvalue weighted by Crippen LogP contribution is 2.20. The van der Waals surface area contributed by atoms with Gasteiger partial charge < -0.3 is 20.3 Å². The lowest BCUT2D eigenvalue weighted by Gasteiger charge is -2.29. The first-order valence-corrected chi connectivity index (χ1v) is 8.66. The van der Waals surface area contributed by atoms with Crippen LogP contribution in [0.15, 0.2) is 48.5 Å². The summed E-state index contributed by atoms with van der Waals surface area (Å²) in [6.45, 7) is 5.11. The molecule has 1 atom stereocenters. The standard InChI is InChI=1S/C20H22N4O2/c1-15(20(25)23-18-4-2-3-16(13-18)14-21)22-17-5-7-19(8-6-17)24-9-11-26-12-10-24/h2-8,13,15,22H,9-12H2,1H3,(H,23,25). The van der Waals surface area contributed by atoms with Crippen LogP contribution >= 0.6 is 0 Å². The number of morpholine rings is 1. The molecule has 3 rings (SSSR count). The molecule has 1 saturated heterocycles. The topological polar surface area (TPSA) is 77.4 Å². The van der Waals surface area contributed by atoms with Crippen molar-refractivity contribution in [1.82, 2.24) is 0 Å². The summed E-state index contributed by atoms with van der Waals surface area (Å²) in [5, 5.41) is 15.0. The van der Waals surface area contributed by atoms with Gasteiger partial charge in [-0.3, -0.25) is 4.79 Å². The van der Waals surface area contributed by atoms with Crippen LogP contribution in [-0.4, -0.2) is 38.3 Å². The first kappa shape index (κ1) is 17.8. The van der Waals surface area contributed by atoms with Gasteiger partial charge in [0.1, 0.15) is 6.04 Å². The smallest absolute Gasteiger partial charge is 0.246 e. The number of nitrogens with zero attached hydrogens (tertiary/aromatic N) is 2. The van der Waals surface area contributed by atoms with Crippen molar-refractivity contribution in [3.05, 3.63) is 54.1 Å². The molecule has 6 nitrogen and oxygen atoms in total. The predicted molar refractivity (Wildman–Crippen MR) is 102 cm³/mol. The molecule has 1 amide bonds. The first-order chi connectivity index (χ1) is 12.7. The average molecular weight is 350 g/mol. The maximum atomic E-state index is 12.4.